The maximum absolute atomic E-state index is 13.2. The Bertz CT molecular complexity index is 1140. The van der Waals surface area contributed by atoms with E-state index in [9.17, 15) is 14.4 Å². The molecule has 8 heteroatoms. The van der Waals surface area contributed by atoms with Crippen molar-refractivity contribution in [2.75, 3.05) is 11.9 Å². The lowest BCUT2D eigenvalue weighted by Gasteiger charge is -2.33. The number of H-pyrrole nitrogens is 1. The molecular formula is C20H16N4O4. The highest BCUT2D eigenvalue weighted by Gasteiger charge is 2.59. The molecule has 0 bridgehead atoms. The highest BCUT2D eigenvalue weighted by atomic mass is 16.5. The van der Waals surface area contributed by atoms with E-state index in [0.29, 0.717) is 13.0 Å². The summed E-state index contributed by atoms with van der Waals surface area (Å²) in [6.45, 7) is 0.342. The van der Waals surface area contributed by atoms with Crippen LogP contribution in [0.4, 0.5) is 5.69 Å². The van der Waals surface area contributed by atoms with Gasteiger partial charge in [0, 0.05) is 24.6 Å². The van der Waals surface area contributed by atoms with Crippen molar-refractivity contribution in [3.8, 4) is 0 Å². The Morgan fingerprint density at radius 3 is 2.82 bits per heavy atom. The van der Waals surface area contributed by atoms with Gasteiger partial charge in [0.15, 0.2) is 0 Å². The monoisotopic (exact) mass is 376 g/mol. The number of para-hydroxylation sites is 1. The quantitative estimate of drug-likeness (QED) is 0.709. The number of fused-ring (bicyclic) bond motifs is 2. The van der Waals surface area contributed by atoms with Gasteiger partial charge >= 0.3 is 0 Å². The van der Waals surface area contributed by atoms with E-state index < -0.39 is 22.9 Å². The summed E-state index contributed by atoms with van der Waals surface area (Å²) in [5.41, 5.74) is 0.951. The number of pyridine rings is 1. The van der Waals surface area contributed by atoms with Crippen LogP contribution in [0.1, 0.15) is 34.1 Å². The first-order chi connectivity index (χ1) is 13.6. The van der Waals surface area contributed by atoms with Crippen molar-refractivity contribution in [3.63, 3.8) is 0 Å². The fourth-order valence-corrected chi connectivity index (χ4v) is 4.44. The normalized spacial score (nSPS) is 23.1. The van der Waals surface area contributed by atoms with Crippen LogP contribution in [0.15, 0.2) is 64.2 Å². The third kappa shape index (κ3) is 2.17. The van der Waals surface area contributed by atoms with Gasteiger partial charge in [-0.1, -0.05) is 24.3 Å². The van der Waals surface area contributed by atoms with Gasteiger partial charge in [-0.2, -0.15) is 5.16 Å². The standard InChI is InChI=1S/C20H16N4O4/c25-16-10-15(28-23-16)18(26)24-9-7-20(17(24)12-4-3-8-21-11-12)13-5-1-2-6-14(13)22-19(20)27/h1-6,8,10-11,17H,7,9H2,(H,22,27)(H,23,25). The highest BCUT2D eigenvalue weighted by molar-refractivity contribution is 6.08. The first kappa shape index (κ1) is 16.5. The minimum atomic E-state index is -0.925. The lowest BCUT2D eigenvalue weighted by Crippen LogP contribution is -2.42. The van der Waals surface area contributed by atoms with E-state index in [-0.39, 0.29) is 11.7 Å². The first-order valence-electron chi connectivity index (χ1n) is 8.91. The van der Waals surface area contributed by atoms with Gasteiger partial charge in [0.1, 0.15) is 5.41 Å². The van der Waals surface area contributed by atoms with Crippen molar-refractivity contribution < 1.29 is 14.1 Å². The summed E-state index contributed by atoms with van der Waals surface area (Å²) in [5, 5.41) is 5.10. The number of nitrogens with one attached hydrogen (secondary N) is 2. The minimum absolute atomic E-state index is 0.0809. The van der Waals surface area contributed by atoms with Crippen molar-refractivity contribution in [3.05, 3.63) is 82.1 Å². The third-order valence-corrected chi connectivity index (χ3v) is 5.58. The van der Waals surface area contributed by atoms with Crippen molar-refractivity contribution in [2.24, 2.45) is 0 Å². The summed E-state index contributed by atoms with van der Waals surface area (Å²) >= 11 is 0. The number of aromatic nitrogens is 2. The predicted octanol–water partition coefficient (Wildman–Crippen LogP) is 1.84. The molecule has 1 spiro atoms. The van der Waals surface area contributed by atoms with Crippen LogP contribution in [0.25, 0.3) is 0 Å². The molecule has 2 aliphatic rings. The van der Waals surface area contributed by atoms with E-state index in [1.54, 1.807) is 23.4 Å². The molecule has 2 aliphatic heterocycles. The lowest BCUT2D eigenvalue weighted by atomic mass is 9.73. The van der Waals surface area contributed by atoms with Crippen molar-refractivity contribution in [1.82, 2.24) is 15.0 Å². The molecule has 2 amide bonds. The van der Waals surface area contributed by atoms with E-state index in [0.717, 1.165) is 22.9 Å². The van der Waals surface area contributed by atoms with Crippen LogP contribution in [0.2, 0.25) is 0 Å². The molecule has 0 saturated carbocycles. The number of nitrogens with zero attached hydrogens (tertiary/aromatic N) is 2. The van der Waals surface area contributed by atoms with E-state index in [2.05, 4.69) is 15.5 Å². The predicted molar refractivity (Wildman–Crippen MR) is 98.7 cm³/mol. The number of benzene rings is 1. The van der Waals surface area contributed by atoms with Gasteiger partial charge in [0.05, 0.1) is 12.1 Å². The minimum Gasteiger partial charge on any atom is -0.373 e. The molecule has 28 heavy (non-hydrogen) atoms. The SMILES string of the molecule is O=C(c1cc(=O)[nH]o1)N1CCC2(C(=O)Nc3ccccc32)C1c1cccnc1. The van der Waals surface area contributed by atoms with Gasteiger partial charge in [-0.05, 0) is 29.7 Å². The van der Waals surface area contributed by atoms with Crippen LogP contribution in [-0.2, 0) is 10.2 Å². The number of rotatable bonds is 2. The second-order valence-corrected chi connectivity index (χ2v) is 6.99. The first-order valence-corrected chi connectivity index (χ1v) is 8.91. The highest BCUT2D eigenvalue weighted by Crippen LogP contribution is 2.54. The Kier molecular flexibility index (Phi) is 3.48. The van der Waals surface area contributed by atoms with Crippen LogP contribution in [0.3, 0.4) is 0 Å². The summed E-state index contributed by atoms with van der Waals surface area (Å²) in [4.78, 5) is 43.5. The summed E-state index contributed by atoms with van der Waals surface area (Å²) in [6.07, 6.45) is 3.76. The number of likely N-dealkylation sites (tertiary alicyclic amines) is 1. The summed E-state index contributed by atoms with van der Waals surface area (Å²) < 4.78 is 5.03. The number of aromatic amines is 1. The van der Waals surface area contributed by atoms with Gasteiger partial charge < -0.3 is 14.7 Å². The Labute approximate surface area is 159 Å². The Hall–Kier alpha value is -3.68. The largest absolute Gasteiger partial charge is 0.373 e. The van der Waals surface area contributed by atoms with Gasteiger partial charge in [0.25, 0.3) is 11.5 Å². The molecule has 1 fully saturated rings. The summed E-state index contributed by atoms with van der Waals surface area (Å²) in [6, 6.07) is 11.7. The second kappa shape index (κ2) is 5.91. The lowest BCUT2D eigenvalue weighted by molar-refractivity contribution is -0.121. The fourth-order valence-electron chi connectivity index (χ4n) is 4.44. The average Bonchev–Trinajstić information content (AvgIpc) is 3.40. The Balaban J connectivity index is 1.68. The molecule has 2 atom stereocenters. The maximum Gasteiger partial charge on any atom is 0.293 e. The van der Waals surface area contributed by atoms with Crippen LogP contribution >= 0.6 is 0 Å². The number of amides is 2. The molecule has 3 aromatic rings. The van der Waals surface area contributed by atoms with Crippen molar-refractivity contribution >= 4 is 17.5 Å². The summed E-state index contributed by atoms with van der Waals surface area (Å²) in [5.74, 6) is -0.669. The van der Waals surface area contributed by atoms with E-state index in [1.807, 2.05) is 30.3 Å². The average molecular weight is 376 g/mol. The molecule has 2 aromatic heterocycles. The van der Waals surface area contributed by atoms with E-state index >= 15 is 0 Å². The van der Waals surface area contributed by atoms with Crippen molar-refractivity contribution in [2.45, 2.75) is 17.9 Å². The zero-order valence-corrected chi connectivity index (χ0v) is 14.7. The zero-order valence-electron chi connectivity index (χ0n) is 14.7. The van der Waals surface area contributed by atoms with E-state index in [1.165, 1.54) is 0 Å². The molecule has 0 aliphatic carbocycles. The van der Waals surface area contributed by atoms with Gasteiger partial charge in [-0.25, -0.2) is 0 Å². The molecule has 0 radical (unpaired) electrons. The smallest absolute Gasteiger partial charge is 0.293 e. The number of hydrogen-bond acceptors (Lipinski definition) is 5. The molecule has 140 valence electrons. The van der Waals surface area contributed by atoms with Crippen LogP contribution in [0, 0.1) is 0 Å². The molecule has 8 nitrogen and oxygen atoms in total. The molecule has 1 saturated heterocycles. The van der Waals surface area contributed by atoms with Gasteiger partial charge in [-0.3, -0.25) is 19.4 Å². The number of carbonyl (C=O) groups is 2. The zero-order chi connectivity index (χ0) is 19.3. The van der Waals surface area contributed by atoms with Gasteiger partial charge in [-0.15, -0.1) is 0 Å². The Morgan fingerprint density at radius 1 is 1.21 bits per heavy atom. The third-order valence-electron chi connectivity index (χ3n) is 5.58. The van der Waals surface area contributed by atoms with Gasteiger partial charge in [0.2, 0.25) is 11.7 Å². The fraction of sp³-hybridized carbons (Fsp3) is 0.200. The van der Waals surface area contributed by atoms with E-state index in [4.69, 9.17) is 4.52 Å². The molecule has 4 heterocycles. The van der Waals surface area contributed by atoms with Crippen LogP contribution in [0.5, 0.6) is 0 Å². The molecule has 1 aromatic carbocycles. The number of hydrogen-bond donors (Lipinski definition) is 2. The van der Waals surface area contributed by atoms with Crippen molar-refractivity contribution in [1.29, 1.82) is 0 Å². The molecular weight excluding hydrogens is 360 g/mol. The second-order valence-electron chi connectivity index (χ2n) is 6.99. The molecule has 2 N–H and O–H groups in total. The summed E-state index contributed by atoms with van der Waals surface area (Å²) in [7, 11) is 0. The maximum atomic E-state index is 13.2. The Morgan fingerprint density at radius 2 is 2.07 bits per heavy atom. The number of carbonyl (C=O) groups excluding carboxylic acids is 2. The topological polar surface area (TPSA) is 108 Å². The van der Waals surface area contributed by atoms with Crippen LogP contribution < -0.4 is 10.9 Å². The van der Waals surface area contributed by atoms with Crippen LogP contribution in [-0.4, -0.2) is 33.4 Å². The molecule has 5 rings (SSSR count). The molecule has 2 unspecified atom stereocenters. The number of anilines is 1.